The first kappa shape index (κ1) is 22.5. The molecule has 0 amide bonds. The predicted octanol–water partition coefficient (Wildman–Crippen LogP) is 4.69. The highest BCUT2D eigenvalue weighted by Crippen LogP contribution is 2.29. The van der Waals surface area contributed by atoms with E-state index in [2.05, 4.69) is 44.4 Å². The Morgan fingerprint density at radius 1 is 0.939 bits per heavy atom. The van der Waals surface area contributed by atoms with Crippen molar-refractivity contribution in [3.8, 4) is 5.75 Å². The summed E-state index contributed by atoms with van der Waals surface area (Å²) in [4.78, 5) is 14.7. The molecule has 2 saturated heterocycles. The molecular formula is C27H39N5O. The monoisotopic (exact) mass is 449 g/mol. The fourth-order valence-corrected chi connectivity index (χ4v) is 5.85. The van der Waals surface area contributed by atoms with E-state index in [1.807, 2.05) is 6.20 Å². The number of anilines is 2. The molecule has 2 aliphatic heterocycles. The van der Waals surface area contributed by atoms with Crippen LogP contribution in [0.15, 0.2) is 30.5 Å². The zero-order valence-corrected chi connectivity index (χ0v) is 20.1. The Hall–Kier alpha value is -2.34. The Morgan fingerprint density at radius 3 is 2.64 bits per heavy atom. The molecule has 6 nitrogen and oxygen atoms in total. The molecule has 0 radical (unpaired) electrons. The molecule has 1 aliphatic carbocycles. The molecule has 3 heterocycles. The zero-order valence-electron chi connectivity index (χ0n) is 20.1. The van der Waals surface area contributed by atoms with Gasteiger partial charge in [-0.05, 0) is 80.8 Å². The lowest BCUT2D eigenvalue weighted by Gasteiger charge is -2.36. The van der Waals surface area contributed by atoms with Crippen molar-refractivity contribution >= 4 is 11.8 Å². The summed E-state index contributed by atoms with van der Waals surface area (Å²) >= 11 is 0. The van der Waals surface area contributed by atoms with Crippen LogP contribution in [0, 0.1) is 0 Å². The van der Waals surface area contributed by atoms with E-state index in [1.165, 1.54) is 75.5 Å². The second kappa shape index (κ2) is 10.7. The van der Waals surface area contributed by atoms with Crippen LogP contribution >= 0.6 is 0 Å². The molecule has 2 atom stereocenters. The Morgan fingerprint density at radius 2 is 1.79 bits per heavy atom. The molecule has 1 aromatic heterocycles. The summed E-state index contributed by atoms with van der Waals surface area (Å²) in [5.74, 6) is 2.85. The van der Waals surface area contributed by atoms with Gasteiger partial charge in [-0.1, -0.05) is 25.3 Å². The molecule has 1 aromatic carbocycles. The molecule has 6 heteroatoms. The van der Waals surface area contributed by atoms with Crippen molar-refractivity contribution in [2.75, 3.05) is 43.5 Å². The SMILES string of the molecule is COc1ccc2c(c1)CC(N1CCCCC(Nc3nccc(N4CCCCCC4)n3)C1)CC2. The fourth-order valence-electron chi connectivity index (χ4n) is 5.85. The highest BCUT2D eigenvalue weighted by molar-refractivity contribution is 5.43. The average molecular weight is 450 g/mol. The van der Waals surface area contributed by atoms with Crippen LogP contribution in [0.5, 0.6) is 5.75 Å². The number of nitrogens with zero attached hydrogens (tertiary/aromatic N) is 4. The van der Waals surface area contributed by atoms with Crippen molar-refractivity contribution < 1.29 is 4.74 Å². The fraction of sp³-hybridized carbons (Fsp3) is 0.630. The van der Waals surface area contributed by atoms with Crippen LogP contribution in [0.1, 0.15) is 62.5 Å². The van der Waals surface area contributed by atoms with Crippen LogP contribution in [0.2, 0.25) is 0 Å². The number of nitrogens with one attached hydrogen (secondary N) is 1. The number of benzene rings is 1. The lowest BCUT2D eigenvalue weighted by molar-refractivity contribution is 0.182. The standard InChI is InChI=1S/C27H39N5O/c1-33-25-12-10-21-9-11-24(18-22(21)19-25)32-17-7-4-8-23(20-32)29-27-28-14-13-26(30-27)31-15-5-2-3-6-16-31/h10,12-14,19,23-24H,2-9,11,15-18,20H2,1H3,(H,28,29,30). The molecule has 5 rings (SSSR count). The Bertz CT molecular complexity index is 911. The van der Waals surface area contributed by atoms with Gasteiger partial charge in [0.25, 0.3) is 0 Å². The van der Waals surface area contributed by atoms with Crippen molar-refractivity contribution in [1.29, 1.82) is 0 Å². The smallest absolute Gasteiger partial charge is 0.224 e. The van der Waals surface area contributed by atoms with Crippen molar-refractivity contribution in [2.45, 2.75) is 76.3 Å². The van der Waals surface area contributed by atoms with E-state index in [1.54, 1.807) is 7.11 Å². The highest BCUT2D eigenvalue weighted by atomic mass is 16.5. The van der Waals surface area contributed by atoms with E-state index < -0.39 is 0 Å². The molecule has 2 fully saturated rings. The molecule has 0 spiro atoms. The number of aryl methyl sites for hydroxylation is 1. The Balaban J connectivity index is 1.24. The number of fused-ring (bicyclic) bond motifs is 1. The first-order valence-corrected chi connectivity index (χ1v) is 13.0. The minimum absolute atomic E-state index is 0.401. The van der Waals surface area contributed by atoms with E-state index in [-0.39, 0.29) is 0 Å². The number of hydrogen-bond acceptors (Lipinski definition) is 6. The maximum atomic E-state index is 5.48. The third-order valence-corrected chi connectivity index (χ3v) is 7.74. The van der Waals surface area contributed by atoms with Crippen molar-refractivity contribution in [3.05, 3.63) is 41.6 Å². The number of hydrogen-bond donors (Lipinski definition) is 1. The minimum atomic E-state index is 0.401. The van der Waals surface area contributed by atoms with Crippen LogP contribution in [-0.2, 0) is 12.8 Å². The number of aromatic nitrogens is 2. The third kappa shape index (κ3) is 5.60. The number of ether oxygens (including phenoxy) is 1. The summed E-state index contributed by atoms with van der Waals surface area (Å²) in [7, 11) is 1.76. The van der Waals surface area contributed by atoms with Crippen LogP contribution < -0.4 is 15.0 Å². The van der Waals surface area contributed by atoms with Gasteiger partial charge in [-0.2, -0.15) is 4.98 Å². The largest absolute Gasteiger partial charge is 0.497 e. The lowest BCUT2D eigenvalue weighted by atomic mass is 9.87. The van der Waals surface area contributed by atoms with Gasteiger partial charge in [-0.25, -0.2) is 4.98 Å². The van der Waals surface area contributed by atoms with Crippen molar-refractivity contribution in [2.24, 2.45) is 0 Å². The number of methoxy groups -OCH3 is 1. The summed E-state index contributed by atoms with van der Waals surface area (Å²) in [5, 5.41) is 3.71. The van der Waals surface area contributed by atoms with E-state index in [0.717, 1.165) is 43.6 Å². The van der Waals surface area contributed by atoms with Crippen molar-refractivity contribution in [3.63, 3.8) is 0 Å². The zero-order chi connectivity index (χ0) is 22.5. The lowest BCUT2D eigenvalue weighted by Crippen LogP contribution is -2.44. The summed E-state index contributed by atoms with van der Waals surface area (Å²) in [6.45, 7) is 4.49. The van der Waals surface area contributed by atoms with E-state index in [9.17, 15) is 0 Å². The van der Waals surface area contributed by atoms with Crippen LogP contribution in [0.4, 0.5) is 11.8 Å². The summed E-state index contributed by atoms with van der Waals surface area (Å²) < 4.78 is 5.48. The van der Waals surface area contributed by atoms with Gasteiger partial charge in [-0.3, -0.25) is 4.90 Å². The van der Waals surface area contributed by atoms with Gasteiger partial charge >= 0.3 is 0 Å². The Labute approximate surface area is 198 Å². The van der Waals surface area contributed by atoms with Crippen LogP contribution in [-0.4, -0.2) is 60.2 Å². The molecule has 2 unspecified atom stereocenters. The molecule has 33 heavy (non-hydrogen) atoms. The van der Waals surface area contributed by atoms with Gasteiger partial charge in [0.2, 0.25) is 5.95 Å². The first-order valence-electron chi connectivity index (χ1n) is 13.0. The minimum Gasteiger partial charge on any atom is -0.497 e. The van der Waals surface area contributed by atoms with E-state index in [4.69, 9.17) is 9.72 Å². The van der Waals surface area contributed by atoms with Gasteiger partial charge in [0, 0.05) is 37.9 Å². The topological polar surface area (TPSA) is 53.5 Å². The van der Waals surface area contributed by atoms with Gasteiger partial charge in [0.1, 0.15) is 11.6 Å². The maximum Gasteiger partial charge on any atom is 0.224 e. The Kier molecular flexibility index (Phi) is 7.30. The molecule has 3 aliphatic rings. The van der Waals surface area contributed by atoms with Gasteiger partial charge in [0.05, 0.1) is 7.11 Å². The summed E-state index contributed by atoms with van der Waals surface area (Å²) in [6, 6.07) is 9.69. The average Bonchev–Trinajstić information content (AvgIpc) is 3.27. The van der Waals surface area contributed by atoms with E-state index in [0.29, 0.717) is 12.1 Å². The second-order valence-electron chi connectivity index (χ2n) is 10.0. The first-order chi connectivity index (χ1) is 16.3. The number of rotatable bonds is 5. The van der Waals surface area contributed by atoms with E-state index >= 15 is 0 Å². The summed E-state index contributed by atoms with van der Waals surface area (Å²) in [5.41, 5.74) is 2.96. The normalized spacial score (nSPS) is 24.5. The molecule has 2 aromatic rings. The molecule has 0 bridgehead atoms. The second-order valence-corrected chi connectivity index (χ2v) is 10.0. The van der Waals surface area contributed by atoms with Crippen molar-refractivity contribution in [1.82, 2.24) is 14.9 Å². The van der Waals surface area contributed by atoms with Crippen LogP contribution in [0.3, 0.4) is 0 Å². The predicted molar refractivity (Wildman–Crippen MR) is 134 cm³/mol. The number of likely N-dealkylation sites (tertiary alicyclic amines) is 1. The van der Waals surface area contributed by atoms with Gasteiger partial charge < -0.3 is 15.0 Å². The quantitative estimate of drug-likeness (QED) is 0.715. The third-order valence-electron chi connectivity index (χ3n) is 7.74. The van der Waals surface area contributed by atoms with Crippen LogP contribution in [0.25, 0.3) is 0 Å². The van der Waals surface area contributed by atoms with Gasteiger partial charge in [-0.15, -0.1) is 0 Å². The molecular weight excluding hydrogens is 410 g/mol. The summed E-state index contributed by atoms with van der Waals surface area (Å²) in [6.07, 6.45) is 14.4. The molecule has 178 valence electrons. The van der Waals surface area contributed by atoms with Gasteiger partial charge in [0.15, 0.2) is 0 Å². The maximum absolute atomic E-state index is 5.48. The molecule has 1 N–H and O–H groups in total. The molecule has 0 saturated carbocycles. The highest BCUT2D eigenvalue weighted by Gasteiger charge is 2.28.